The van der Waals surface area contributed by atoms with Crippen LogP contribution in [0.2, 0.25) is 5.02 Å². The molecule has 2 N–H and O–H groups in total. The van der Waals surface area contributed by atoms with Gasteiger partial charge in [0.05, 0.1) is 18.6 Å². The van der Waals surface area contributed by atoms with E-state index in [0.29, 0.717) is 16.5 Å². The maximum atomic E-state index is 12.4. The number of benzene rings is 3. The van der Waals surface area contributed by atoms with Gasteiger partial charge >= 0.3 is 0 Å². The number of methoxy groups -OCH3 is 1. The van der Waals surface area contributed by atoms with Crippen molar-refractivity contribution in [2.45, 2.75) is 19.4 Å². The first-order valence-corrected chi connectivity index (χ1v) is 9.26. The molecule has 0 aromatic heterocycles. The lowest BCUT2D eigenvalue weighted by Crippen LogP contribution is -2.42. The first-order valence-electron chi connectivity index (χ1n) is 8.88. The Balaban J connectivity index is 1.62. The molecule has 0 radical (unpaired) electrons. The highest BCUT2D eigenvalue weighted by molar-refractivity contribution is 6.32. The van der Waals surface area contributed by atoms with E-state index in [9.17, 15) is 9.59 Å². The summed E-state index contributed by atoms with van der Waals surface area (Å²) in [6.07, 6.45) is 0.202. The van der Waals surface area contributed by atoms with Crippen molar-refractivity contribution in [3.63, 3.8) is 0 Å². The summed E-state index contributed by atoms with van der Waals surface area (Å²) >= 11 is 6.07. The highest BCUT2D eigenvalue weighted by Crippen LogP contribution is 2.27. The Bertz CT molecular complexity index is 1010. The van der Waals surface area contributed by atoms with Crippen LogP contribution < -0.4 is 15.4 Å². The summed E-state index contributed by atoms with van der Waals surface area (Å²) in [6.45, 7) is 1.64. The highest BCUT2D eigenvalue weighted by atomic mass is 35.5. The molecule has 0 aliphatic rings. The second kappa shape index (κ2) is 8.76. The van der Waals surface area contributed by atoms with E-state index in [1.807, 2.05) is 42.5 Å². The molecule has 2 amide bonds. The lowest BCUT2D eigenvalue weighted by Gasteiger charge is -2.15. The third-order valence-corrected chi connectivity index (χ3v) is 4.72. The van der Waals surface area contributed by atoms with Gasteiger partial charge in [0.15, 0.2) is 0 Å². The molecule has 0 heterocycles. The van der Waals surface area contributed by atoms with E-state index < -0.39 is 6.04 Å². The van der Waals surface area contributed by atoms with Crippen molar-refractivity contribution in [1.29, 1.82) is 0 Å². The summed E-state index contributed by atoms with van der Waals surface area (Å²) < 4.78 is 5.09. The Morgan fingerprint density at radius 2 is 1.82 bits per heavy atom. The van der Waals surface area contributed by atoms with E-state index in [4.69, 9.17) is 16.3 Å². The molecule has 0 saturated heterocycles. The standard InChI is InChI=1S/C22H21ClN2O3/c1-14(22(27)25-17-10-11-20(28-2)19(23)13-17)24-21(26)12-16-8-5-7-15-6-3-4-9-18(15)16/h3-11,13-14H,12H2,1-2H3,(H,24,26)(H,25,27). The average Bonchev–Trinajstić information content (AvgIpc) is 2.68. The van der Waals surface area contributed by atoms with Crippen LogP contribution in [0.15, 0.2) is 60.7 Å². The topological polar surface area (TPSA) is 67.4 Å². The number of hydrogen-bond donors (Lipinski definition) is 2. The quantitative estimate of drug-likeness (QED) is 0.656. The first-order chi connectivity index (χ1) is 13.5. The van der Waals surface area contributed by atoms with Gasteiger partial charge in [-0.15, -0.1) is 0 Å². The zero-order valence-electron chi connectivity index (χ0n) is 15.7. The van der Waals surface area contributed by atoms with Crippen LogP contribution in [0, 0.1) is 0 Å². The van der Waals surface area contributed by atoms with Crippen LogP contribution in [0.1, 0.15) is 12.5 Å². The Kier molecular flexibility index (Phi) is 6.16. The summed E-state index contributed by atoms with van der Waals surface area (Å²) in [7, 11) is 1.52. The molecule has 3 aromatic carbocycles. The number of hydrogen-bond acceptors (Lipinski definition) is 3. The number of amides is 2. The number of ether oxygens (including phenoxy) is 1. The highest BCUT2D eigenvalue weighted by Gasteiger charge is 2.17. The normalized spacial score (nSPS) is 11.7. The lowest BCUT2D eigenvalue weighted by molar-refractivity contribution is -0.125. The van der Waals surface area contributed by atoms with E-state index in [1.165, 1.54) is 7.11 Å². The van der Waals surface area contributed by atoms with Crippen molar-refractivity contribution in [3.05, 3.63) is 71.2 Å². The molecule has 0 bridgehead atoms. The molecule has 5 nitrogen and oxygen atoms in total. The van der Waals surface area contributed by atoms with Crippen LogP contribution in [-0.4, -0.2) is 25.0 Å². The molecular formula is C22H21ClN2O3. The van der Waals surface area contributed by atoms with Gasteiger partial charge in [0.25, 0.3) is 0 Å². The molecule has 1 atom stereocenters. The van der Waals surface area contributed by atoms with Crippen molar-refractivity contribution in [3.8, 4) is 5.75 Å². The average molecular weight is 397 g/mol. The van der Waals surface area contributed by atoms with Gasteiger partial charge in [-0.3, -0.25) is 9.59 Å². The van der Waals surface area contributed by atoms with Crippen molar-refractivity contribution in [2.75, 3.05) is 12.4 Å². The van der Waals surface area contributed by atoms with Gasteiger partial charge in [0, 0.05) is 5.69 Å². The summed E-state index contributed by atoms with van der Waals surface area (Å²) in [5.41, 5.74) is 1.45. The largest absolute Gasteiger partial charge is 0.495 e. The molecule has 3 aromatic rings. The third kappa shape index (κ3) is 4.61. The SMILES string of the molecule is COc1ccc(NC(=O)C(C)NC(=O)Cc2cccc3ccccc23)cc1Cl. The minimum absolute atomic E-state index is 0.202. The van der Waals surface area contributed by atoms with E-state index in [2.05, 4.69) is 10.6 Å². The van der Waals surface area contributed by atoms with E-state index in [0.717, 1.165) is 16.3 Å². The predicted molar refractivity (Wildman–Crippen MR) is 112 cm³/mol. The summed E-state index contributed by atoms with van der Waals surface area (Å²) in [5, 5.41) is 7.99. The number of halogens is 1. The molecule has 0 aliphatic heterocycles. The molecule has 0 saturated carbocycles. The van der Waals surface area contributed by atoms with Gasteiger partial charge in [-0.1, -0.05) is 54.1 Å². The minimum Gasteiger partial charge on any atom is -0.495 e. The van der Waals surface area contributed by atoms with Crippen LogP contribution in [0.25, 0.3) is 10.8 Å². The van der Waals surface area contributed by atoms with Crippen LogP contribution >= 0.6 is 11.6 Å². The number of fused-ring (bicyclic) bond motifs is 1. The van der Waals surface area contributed by atoms with E-state index in [-0.39, 0.29) is 18.2 Å². The molecule has 1 unspecified atom stereocenters. The fraction of sp³-hybridized carbons (Fsp3) is 0.182. The van der Waals surface area contributed by atoms with Crippen LogP contribution in [-0.2, 0) is 16.0 Å². The Labute approximate surface area is 168 Å². The Hall–Kier alpha value is -3.05. The number of nitrogens with one attached hydrogen (secondary N) is 2. The van der Waals surface area contributed by atoms with Crippen molar-refractivity contribution in [2.24, 2.45) is 0 Å². The monoisotopic (exact) mass is 396 g/mol. The van der Waals surface area contributed by atoms with Crippen molar-refractivity contribution >= 4 is 39.9 Å². The van der Waals surface area contributed by atoms with Gasteiger partial charge in [-0.05, 0) is 41.5 Å². The zero-order valence-corrected chi connectivity index (χ0v) is 16.4. The van der Waals surface area contributed by atoms with Gasteiger partial charge in [0.1, 0.15) is 11.8 Å². The van der Waals surface area contributed by atoms with Crippen LogP contribution in [0.5, 0.6) is 5.75 Å². The zero-order chi connectivity index (χ0) is 20.1. The van der Waals surface area contributed by atoms with Crippen LogP contribution in [0.4, 0.5) is 5.69 Å². The summed E-state index contributed by atoms with van der Waals surface area (Å²) in [4.78, 5) is 24.8. The van der Waals surface area contributed by atoms with Crippen LogP contribution in [0.3, 0.4) is 0 Å². The molecule has 0 spiro atoms. The first kappa shape index (κ1) is 19.7. The molecule has 0 aliphatic carbocycles. The molecule has 144 valence electrons. The Morgan fingerprint density at radius 1 is 1.07 bits per heavy atom. The second-order valence-electron chi connectivity index (χ2n) is 6.44. The summed E-state index contributed by atoms with van der Waals surface area (Å²) in [5.74, 6) is -0.0182. The second-order valence-corrected chi connectivity index (χ2v) is 6.85. The minimum atomic E-state index is -0.691. The van der Waals surface area contributed by atoms with E-state index >= 15 is 0 Å². The van der Waals surface area contributed by atoms with E-state index in [1.54, 1.807) is 25.1 Å². The molecule has 28 heavy (non-hydrogen) atoms. The van der Waals surface area contributed by atoms with Gasteiger partial charge < -0.3 is 15.4 Å². The molecule has 3 rings (SSSR count). The number of anilines is 1. The fourth-order valence-electron chi connectivity index (χ4n) is 2.97. The summed E-state index contributed by atoms with van der Waals surface area (Å²) in [6, 6.07) is 18.0. The lowest BCUT2D eigenvalue weighted by atomic mass is 10.0. The third-order valence-electron chi connectivity index (χ3n) is 4.42. The molecule has 6 heteroatoms. The van der Waals surface area contributed by atoms with Gasteiger partial charge in [-0.25, -0.2) is 0 Å². The number of carbonyl (C=O) groups is 2. The van der Waals surface area contributed by atoms with Crippen molar-refractivity contribution < 1.29 is 14.3 Å². The molecule has 0 fully saturated rings. The Morgan fingerprint density at radius 3 is 2.57 bits per heavy atom. The smallest absolute Gasteiger partial charge is 0.246 e. The van der Waals surface area contributed by atoms with Gasteiger partial charge in [0.2, 0.25) is 11.8 Å². The number of carbonyl (C=O) groups excluding carboxylic acids is 2. The molecular weight excluding hydrogens is 376 g/mol. The fourth-order valence-corrected chi connectivity index (χ4v) is 3.23. The predicted octanol–water partition coefficient (Wildman–Crippen LogP) is 4.19. The van der Waals surface area contributed by atoms with Crippen molar-refractivity contribution in [1.82, 2.24) is 5.32 Å². The van der Waals surface area contributed by atoms with Gasteiger partial charge in [-0.2, -0.15) is 0 Å². The number of rotatable bonds is 6. The maximum Gasteiger partial charge on any atom is 0.246 e. The maximum absolute atomic E-state index is 12.4.